The minimum Gasteiger partial charge on any atom is -0.495 e. The molecular weight excluding hydrogens is 433 g/mol. The summed E-state index contributed by atoms with van der Waals surface area (Å²) in [6, 6.07) is 10.2. The van der Waals surface area contributed by atoms with E-state index in [1.165, 1.54) is 30.2 Å². The summed E-state index contributed by atoms with van der Waals surface area (Å²) in [6.45, 7) is 0. The standard InChI is InChI=1S/C24H17F3N4O2/c1-33-18-9-15(11-28-13-18)19-6-7-20-22(30-19)23-14(12-29-20)5-8-21(32)31(23)17-4-2-3-16(10-17)24(25,26)27/h2-13,21,32H,1H3. The van der Waals surface area contributed by atoms with Crippen molar-refractivity contribution in [3.8, 4) is 17.0 Å². The van der Waals surface area contributed by atoms with Gasteiger partial charge in [0, 0.05) is 29.2 Å². The number of nitrogens with zero attached hydrogens (tertiary/aromatic N) is 4. The first-order chi connectivity index (χ1) is 15.8. The fourth-order valence-corrected chi connectivity index (χ4v) is 3.80. The number of hydrogen-bond donors (Lipinski definition) is 1. The van der Waals surface area contributed by atoms with Gasteiger partial charge in [0.25, 0.3) is 0 Å². The molecule has 0 amide bonds. The summed E-state index contributed by atoms with van der Waals surface area (Å²) in [5.74, 6) is 0.562. The van der Waals surface area contributed by atoms with Crippen LogP contribution in [0.15, 0.2) is 67.1 Å². The molecule has 0 bridgehead atoms. The Labute approximate surface area is 186 Å². The number of hydrogen-bond acceptors (Lipinski definition) is 6. The molecule has 6 nitrogen and oxygen atoms in total. The third-order valence-electron chi connectivity index (χ3n) is 5.36. The summed E-state index contributed by atoms with van der Waals surface area (Å²) >= 11 is 0. The predicted octanol–water partition coefficient (Wildman–Crippen LogP) is 5.20. The normalized spacial score (nSPS) is 15.5. The molecule has 0 fully saturated rings. The maximum atomic E-state index is 13.4. The second-order valence-corrected chi connectivity index (χ2v) is 7.43. The van der Waals surface area contributed by atoms with Gasteiger partial charge in [0.05, 0.1) is 35.8 Å². The van der Waals surface area contributed by atoms with Crippen molar-refractivity contribution >= 4 is 28.5 Å². The Kier molecular flexibility index (Phi) is 4.98. The maximum absolute atomic E-state index is 13.4. The number of ether oxygens (including phenoxy) is 1. The van der Waals surface area contributed by atoms with Gasteiger partial charge in [-0.1, -0.05) is 12.1 Å². The first-order valence-electron chi connectivity index (χ1n) is 9.97. The lowest BCUT2D eigenvalue weighted by Gasteiger charge is -2.33. The topological polar surface area (TPSA) is 71.4 Å². The molecule has 1 aliphatic heterocycles. The zero-order valence-corrected chi connectivity index (χ0v) is 17.3. The van der Waals surface area contributed by atoms with Gasteiger partial charge in [-0.3, -0.25) is 9.97 Å². The van der Waals surface area contributed by atoms with E-state index in [4.69, 9.17) is 9.72 Å². The molecule has 33 heavy (non-hydrogen) atoms. The second-order valence-electron chi connectivity index (χ2n) is 7.43. The number of halogens is 3. The molecule has 1 aromatic carbocycles. The quantitative estimate of drug-likeness (QED) is 0.463. The summed E-state index contributed by atoms with van der Waals surface area (Å²) in [6.07, 6.45) is 2.29. The first kappa shape index (κ1) is 20.9. The van der Waals surface area contributed by atoms with E-state index in [-0.39, 0.29) is 5.69 Å². The molecule has 4 aromatic rings. The average molecular weight is 450 g/mol. The Morgan fingerprint density at radius 1 is 1.06 bits per heavy atom. The van der Waals surface area contributed by atoms with E-state index in [0.29, 0.717) is 39.3 Å². The molecule has 0 radical (unpaired) electrons. The molecule has 0 saturated heterocycles. The Bertz CT molecular complexity index is 1390. The maximum Gasteiger partial charge on any atom is 0.416 e. The van der Waals surface area contributed by atoms with Gasteiger partial charge in [0.15, 0.2) is 6.23 Å². The van der Waals surface area contributed by atoms with Crippen molar-refractivity contribution < 1.29 is 23.0 Å². The van der Waals surface area contributed by atoms with Crippen LogP contribution in [0.25, 0.3) is 28.4 Å². The van der Waals surface area contributed by atoms with Crippen molar-refractivity contribution in [2.45, 2.75) is 12.4 Å². The van der Waals surface area contributed by atoms with Gasteiger partial charge in [0.1, 0.15) is 11.3 Å². The van der Waals surface area contributed by atoms with Crippen molar-refractivity contribution in [3.63, 3.8) is 0 Å². The van der Waals surface area contributed by atoms with Gasteiger partial charge in [-0.05, 0) is 42.5 Å². The fourth-order valence-electron chi connectivity index (χ4n) is 3.80. The highest BCUT2D eigenvalue weighted by atomic mass is 19.4. The third-order valence-corrected chi connectivity index (χ3v) is 5.36. The van der Waals surface area contributed by atoms with Crippen LogP contribution in [0.4, 0.5) is 24.5 Å². The van der Waals surface area contributed by atoms with Crippen LogP contribution in [0.1, 0.15) is 11.1 Å². The van der Waals surface area contributed by atoms with Crippen LogP contribution in [0.3, 0.4) is 0 Å². The molecule has 1 aliphatic rings. The Hall–Kier alpha value is -3.98. The molecule has 1 unspecified atom stereocenters. The number of aromatic nitrogens is 3. The molecule has 4 heterocycles. The first-order valence-corrected chi connectivity index (χ1v) is 9.97. The highest BCUT2D eigenvalue weighted by Gasteiger charge is 2.32. The summed E-state index contributed by atoms with van der Waals surface area (Å²) in [5, 5.41) is 10.8. The predicted molar refractivity (Wildman–Crippen MR) is 118 cm³/mol. The summed E-state index contributed by atoms with van der Waals surface area (Å²) in [5.41, 5.74) is 2.72. The van der Waals surface area contributed by atoms with Crippen molar-refractivity contribution in [3.05, 3.63) is 78.3 Å². The number of rotatable bonds is 3. The van der Waals surface area contributed by atoms with Crippen molar-refractivity contribution in [2.24, 2.45) is 0 Å². The van der Waals surface area contributed by atoms with Crippen LogP contribution in [0, 0.1) is 0 Å². The molecule has 0 saturated carbocycles. The number of methoxy groups -OCH3 is 1. The number of pyridine rings is 3. The monoisotopic (exact) mass is 450 g/mol. The smallest absolute Gasteiger partial charge is 0.416 e. The number of fused-ring (bicyclic) bond motifs is 3. The number of alkyl halides is 3. The highest BCUT2D eigenvalue weighted by molar-refractivity contribution is 5.97. The average Bonchev–Trinajstić information content (AvgIpc) is 2.83. The van der Waals surface area contributed by atoms with Crippen LogP contribution < -0.4 is 9.64 Å². The summed E-state index contributed by atoms with van der Waals surface area (Å²) < 4.78 is 45.3. The highest BCUT2D eigenvalue weighted by Crippen LogP contribution is 2.41. The number of benzene rings is 1. The van der Waals surface area contributed by atoms with E-state index in [1.54, 1.807) is 42.9 Å². The number of anilines is 2. The molecular formula is C24H17F3N4O2. The second kappa shape index (κ2) is 7.86. The van der Waals surface area contributed by atoms with Crippen molar-refractivity contribution in [2.75, 3.05) is 12.0 Å². The van der Waals surface area contributed by atoms with E-state index < -0.39 is 18.0 Å². The van der Waals surface area contributed by atoms with E-state index in [1.807, 2.05) is 0 Å². The van der Waals surface area contributed by atoms with Gasteiger partial charge < -0.3 is 14.7 Å². The zero-order valence-electron chi connectivity index (χ0n) is 17.3. The van der Waals surface area contributed by atoms with Crippen molar-refractivity contribution in [1.29, 1.82) is 0 Å². The Morgan fingerprint density at radius 2 is 1.91 bits per heavy atom. The summed E-state index contributed by atoms with van der Waals surface area (Å²) in [4.78, 5) is 14.8. The van der Waals surface area contributed by atoms with Gasteiger partial charge in [-0.2, -0.15) is 13.2 Å². The molecule has 0 aliphatic carbocycles. The zero-order chi connectivity index (χ0) is 23.2. The minimum atomic E-state index is -4.51. The van der Waals surface area contributed by atoms with E-state index in [0.717, 1.165) is 12.1 Å². The largest absolute Gasteiger partial charge is 0.495 e. The van der Waals surface area contributed by atoms with Gasteiger partial charge >= 0.3 is 6.18 Å². The van der Waals surface area contributed by atoms with E-state index in [9.17, 15) is 18.3 Å². The summed E-state index contributed by atoms with van der Waals surface area (Å²) in [7, 11) is 1.54. The van der Waals surface area contributed by atoms with Crippen LogP contribution in [-0.2, 0) is 6.18 Å². The Balaban J connectivity index is 1.72. The lowest BCUT2D eigenvalue weighted by atomic mass is 10.0. The molecule has 9 heteroatoms. The molecule has 166 valence electrons. The minimum absolute atomic E-state index is 0.186. The molecule has 5 rings (SSSR count). The molecule has 1 atom stereocenters. The van der Waals surface area contributed by atoms with E-state index >= 15 is 0 Å². The van der Waals surface area contributed by atoms with Crippen LogP contribution in [0.5, 0.6) is 5.75 Å². The molecule has 1 N–H and O–H groups in total. The van der Waals surface area contributed by atoms with Gasteiger partial charge in [0.2, 0.25) is 0 Å². The number of aliphatic hydroxyl groups excluding tert-OH is 1. The Morgan fingerprint density at radius 3 is 2.70 bits per heavy atom. The van der Waals surface area contributed by atoms with Crippen LogP contribution in [0.2, 0.25) is 0 Å². The molecule has 0 spiro atoms. The fraction of sp³-hybridized carbons (Fsp3) is 0.125. The SMILES string of the molecule is COc1cncc(-c2ccc3ncc4c(c3n2)N(c2cccc(C(F)(F)F)c2)C(O)C=C4)c1. The lowest BCUT2D eigenvalue weighted by molar-refractivity contribution is -0.137. The third kappa shape index (κ3) is 3.76. The van der Waals surface area contributed by atoms with Gasteiger partial charge in [-0.15, -0.1) is 0 Å². The van der Waals surface area contributed by atoms with Crippen LogP contribution in [-0.4, -0.2) is 33.4 Å². The lowest BCUT2D eigenvalue weighted by Crippen LogP contribution is -2.32. The molecule has 3 aromatic heterocycles. The van der Waals surface area contributed by atoms with E-state index in [2.05, 4.69) is 9.97 Å². The number of aliphatic hydroxyl groups is 1. The van der Waals surface area contributed by atoms with Crippen LogP contribution >= 0.6 is 0 Å². The van der Waals surface area contributed by atoms with Gasteiger partial charge in [-0.25, -0.2) is 4.98 Å². The van der Waals surface area contributed by atoms with Crippen molar-refractivity contribution in [1.82, 2.24) is 15.0 Å².